The maximum absolute atomic E-state index is 11.2. The molecule has 0 aliphatic carbocycles. The molecule has 0 aromatic rings. The third-order valence-corrected chi connectivity index (χ3v) is 1.33. The zero-order chi connectivity index (χ0) is 10.7. The summed E-state index contributed by atoms with van der Waals surface area (Å²) in [6, 6.07) is 0. The minimum atomic E-state index is -0.430. The minimum Gasteiger partial charge on any atom is -0.444 e. The summed E-state index contributed by atoms with van der Waals surface area (Å²) in [6.07, 6.45) is -0.375. The molecule has 3 nitrogen and oxygen atoms in total. The van der Waals surface area contributed by atoms with E-state index in [4.69, 9.17) is 4.74 Å². The summed E-state index contributed by atoms with van der Waals surface area (Å²) in [5, 5.41) is 2.67. The summed E-state index contributed by atoms with van der Waals surface area (Å²) in [5.41, 5.74) is -0.430. The molecule has 0 radical (unpaired) electrons. The number of ether oxygens (including phenoxy) is 1. The van der Waals surface area contributed by atoms with Crippen LogP contribution in [-0.4, -0.2) is 22.6 Å². The number of hydrogen-bond donors (Lipinski definition) is 1. The number of alkyl halides is 1. The van der Waals surface area contributed by atoms with Gasteiger partial charge in [-0.3, -0.25) is 0 Å². The second kappa shape index (κ2) is 4.31. The van der Waals surface area contributed by atoms with Crippen molar-refractivity contribution in [2.45, 2.75) is 44.5 Å². The topological polar surface area (TPSA) is 38.3 Å². The zero-order valence-corrected chi connectivity index (χ0v) is 10.5. The average molecular weight is 252 g/mol. The van der Waals surface area contributed by atoms with E-state index < -0.39 is 5.60 Å². The highest BCUT2D eigenvalue weighted by atomic mass is 79.9. The predicted molar refractivity (Wildman–Crippen MR) is 57.2 cm³/mol. The molecule has 0 saturated heterocycles. The van der Waals surface area contributed by atoms with Gasteiger partial charge in [-0.15, -0.1) is 0 Å². The Balaban J connectivity index is 3.78. The fourth-order valence-corrected chi connectivity index (χ4v) is 0.737. The van der Waals surface area contributed by atoms with E-state index in [0.29, 0.717) is 6.54 Å². The second-order valence-corrected chi connectivity index (χ2v) is 6.72. The summed E-state index contributed by atoms with van der Waals surface area (Å²) in [7, 11) is 0. The number of amides is 1. The van der Waals surface area contributed by atoms with Gasteiger partial charge in [0.1, 0.15) is 5.60 Å². The Labute approximate surface area is 88.4 Å². The molecule has 1 amide bonds. The van der Waals surface area contributed by atoms with Crippen LogP contribution in [0.5, 0.6) is 0 Å². The molecule has 0 unspecified atom stereocenters. The maximum Gasteiger partial charge on any atom is 0.407 e. The number of rotatable bonds is 2. The quantitative estimate of drug-likeness (QED) is 0.767. The molecule has 0 atom stereocenters. The molecule has 0 aromatic carbocycles. The third-order valence-electron chi connectivity index (χ3n) is 1.05. The fraction of sp³-hybridized carbons (Fsp3) is 0.889. The van der Waals surface area contributed by atoms with Crippen LogP contribution in [0.15, 0.2) is 0 Å². The zero-order valence-electron chi connectivity index (χ0n) is 8.90. The van der Waals surface area contributed by atoms with Crippen LogP contribution >= 0.6 is 15.9 Å². The second-order valence-electron chi connectivity index (χ2n) is 4.57. The van der Waals surface area contributed by atoms with Gasteiger partial charge in [-0.25, -0.2) is 4.79 Å². The Hall–Kier alpha value is -0.250. The number of carbonyl (C=O) groups is 1. The van der Waals surface area contributed by atoms with Crippen molar-refractivity contribution in [3.8, 4) is 0 Å². The fourth-order valence-electron chi connectivity index (χ4n) is 0.597. The van der Waals surface area contributed by atoms with E-state index in [2.05, 4.69) is 21.2 Å². The smallest absolute Gasteiger partial charge is 0.407 e. The van der Waals surface area contributed by atoms with Gasteiger partial charge in [0.25, 0.3) is 0 Å². The Kier molecular flexibility index (Phi) is 4.23. The Morgan fingerprint density at radius 3 is 2.08 bits per heavy atom. The molecule has 0 aliphatic rings. The van der Waals surface area contributed by atoms with E-state index in [9.17, 15) is 4.79 Å². The van der Waals surface area contributed by atoms with Crippen molar-refractivity contribution in [3.05, 3.63) is 0 Å². The largest absolute Gasteiger partial charge is 0.444 e. The van der Waals surface area contributed by atoms with Crippen molar-refractivity contribution < 1.29 is 9.53 Å². The summed E-state index contributed by atoms with van der Waals surface area (Å²) >= 11 is 3.42. The lowest BCUT2D eigenvalue weighted by molar-refractivity contribution is 0.0524. The molecule has 0 aliphatic heterocycles. The number of hydrogen-bond acceptors (Lipinski definition) is 2. The van der Waals surface area contributed by atoms with Crippen LogP contribution in [0, 0.1) is 0 Å². The van der Waals surface area contributed by atoms with Gasteiger partial charge in [0, 0.05) is 10.9 Å². The van der Waals surface area contributed by atoms with Gasteiger partial charge in [0.15, 0.2) is 0 Å². The van der Waals surface area contributed by atoms with Crippen molar-refractivity contribution in [1.29, 1.82) is 0 Å². The summed E-state index contributed by atoms with van der Waals surface area (Å²) in [4.78, 5) is 11.2. The highest BCUT2D eigenvalue weighted by Gasteiger charge is 2.18. The molecule has 0 rings (SSSR count). The standard InChI is InChI=1S/C9H18BrNO2/c1-8(2,3)13-7(12)11-6-9(4,5)10/h6H2,1-5H3,(H,11,12). The van der Waals surface area contributed by atoms with Crippen LogP contribution in [-0.2, 0) is 4.74 Å². The van der Waals surface area contributed by atoms with Crippen LogP contribution in [0.2, 0.25) is 0 Å². The minimum absolute atomic E-state index is 0.0933. The molecule has 0 fully saturated rings. The molecular formula is C9H18BrNO2. The van der Waals surface area contributed by atoms with E-state index in [1.54, 1.807) is 0 Å². The summed E-state index contributed by atoms with van der Waals surface area (Å²) < 4.78 is 4.97. The van der Waals surface area contributed by atoms with Gasteiger partial charge in [0.05, 0.1) is 0 Å². The van der Waals surface area contributed by atoms with Gasteiger partial charge in [0.2, 0.25) is 0 Å². The highest BCUT2D eigenvalue weighted by Crippen LogP contribution is 2.14. The van der Waals surface area contributed by atoms with Gasteiger partial charge < -0.3 is 10.1 Å². The molecule has 0 saturated carbocycles. The van der Waals surface area contributed by atoms with Crippen LogP contribution in [0.1, 0.15) is 34.6 Å². The molecule has 0 spiro atoms. The maximum atomic E-state index is 11.2. The van der Waals surface area contributed by atoms with E-state index in [-0.39, 0.29) is 10.4 Å². The molecule has 1 N–H and O–H groups in total. The Morgan fingerprint density at radius 2 is 1.77 bits per heavy atom. The molecule has 0 aromatic heterocycles. The monoisotopic (exact) mass is 251 g/mol. The van der Waals surface area contributed by atoms with Crippen molar-refractivity contribution in [2.24, 2.45) is 0 Å². The van der Waals surface area contributed by atoms with Gasteiger partial charge in [-0.05, 0) is 34.6 Å². The van der Waals surface area contributed by atoms with E-state index in [1.807, 2.05) is 34.6 Å². The first kappa shape index (κ1) is 12.8. The molecule has 0 heterocycles. The Bertz CT molecular complexity index is 179. The predicted octanol–water partition coefficient (Wildman–Crippen LogP) is 2.68. The summed E-state index contributed by atoms with van der Waals surface area (Å²) in [6.45, 7) is 10.0. The van der Waals surface area contributed by atoms with Gasteiger partial charge in [-0.1, -0.05) is 15.9 Å². The SMILES string of the molecule is CC(C)(Br)CNC(=O)OC(C)(C)C. The molecular weight excluding hydrogens is 234 g/mol. The lowest BCUT2D eigenvalue weighted by atomic mass is 10.2. The number of alkyl carbamates (subject to hydrolysis) is 1. The van der Waals surface area contributed by atoms with Crippen molar-refractivity contribution in [2.75, 3.05) is 6.54 Å². The molecule has 0 bridgehead atoms. The number of halogens is 1. The summed E-state index contributed by atoms with van der Waals surface area (Å²) in [5.74, 6) is 0. The van der Waals surface area contributed by atoms with Crippen LogP contribution < -0.4 is 5.32 Å². The Morgan fingerprint density at radius 1 is 1.31 bits per heavy atom. The average Bonchev–Trinajstić information content (AvgIpc) is 1.78. The van der Waals surface area contributed by atoms with E-state index in [1.165, 1.54) is 0 Å². The molecule has 13 heavy (non-hydrogen) atoms. The van der Waals surface area contributed by atoms with Crippen molar-refractivity contribution in [3.63, 3.8) is 0 Å². The molecule has 78 valence electrons. The lowest BCUT2D eigenvalue weighted by Gasteiger charge is -2.22. The van der Waals surface area contributed by atoms with E-state index >= 15 is 0 Å². The number of carbonyl (C=O) groups excluding carboxylic acids is 1. The third kappa shape index (κ3) is 9.67. The van der Waals surface area contributed by atoms with E-state index in [0.717, 1.165) is 0 Å². The normalized spacial score (nSPS) is 12.5. The number of nitrogens with one attached hydrogen (secondary N) is 1. The lowest BCUT2D eigenvalue weighted by Crippen LogP contribution is -2.38. The first-order valence-electron chi connectivity index (χ1n) is 4.26. The first-order chi connectivity index (χ1) is 5.60. The first-order valence-corrected chi connectivity index (χ1v) is 5.05. The van der Waals surface area contributed by atoms with Crippen molar-refractivity contribution in [1.82, 2.24) is 5.32 Å². The van der Waals surface area contributed by atoms with Crippen LogP contribution in [0.3, 0.4) is 0 Å². The molecule has 4 heteroatoms. The van der Waals surface area contributed by atoms with Crippen LogP contribution in [0.4, 0.5) is 4.79 Å². The van der Waals surface area contributed by atoms with Gasteiger partial charge >= 0.3 is 6.09 Å². The highest BCUT2D eigenvalue weighted by molar-refractivity contribution is 9.10. The van der Waals surface area contributed by atoms with Crippen LogP contribution in [0.25, 0.3) is 0 Å². The van der Waals surface area contributed by atoms with Gasteiger partial charge in [-0.2, -0.15) is 0 Å². The van der Waals surface area contributed by atoms with Crippen molar-refractivity contribution >= 4 is 22.0 Å².